The zero-order valence-electron chi connectivity index (χ0n) is 18.1. The van der Waals surface area contributed by atoms with Crippen LogP contribution in [0.1, 0.15) is 23.2 Å². The summed E-state index contributed by atoms with van der Waals surface area (Å²) in [6.07, 6.45) is 0.768. The fraction of sp³-hybridized carbons (Fsp3) is 0.550. The molecule has 11 nitrogen and oxygen atoms in total. The second kappa shape index (κ2) is 18.4. The van der Waals surface area contributed by atoms with E-state index in [1.165, 1.54) is 0 Å². The van der Waals surface area contributed by atoms with Gasteiger partial charge in [-0.1, -0.05) is 37.0 Å². The van der Waals surface area contributed by atoms with Gasteiger partial charge in [0.25, 0.3) is 0 Å². The summed E-state index contributed by atoms with van der Waals surface area (Å²) in [7, 11) is 0. The molecule has 0 aromatic heterocycles. The van der Waals surface area contributed by atoms with Crippen LogP contribution < -0.4 is 10.6 Å². The van der Waals surface area contributed by atoms with Gasteiger partial charge in [-0.15, -0.1) is 0 Å². The van der Waals surface area contributed by atoms with Crippen molar-refractivity contribution in [2.24, 2.45) is 5.11 Å². The van der Waals surface area contributed by atoms with E-state index in [-0.39, 0.29) is 34.7 Å². The highest BCUT2D eigenvalue weighted by Crippen LogP contribution is 2.21. The van der Waals surface area contributed by atoms with Gasteiger partial charge in [-0.3, -0.25) is 14.4 Å². The highest BCUT2D eigenvalue weighted by Gasteiger charge is 2.12. The molecule has 0 fully saturated rings. The number of azide groups is 1. The summed E-state index contributed by atoms with van der Waals surface area (Å²) in [5.74, 6) is -0.669. The number of rotatable bonds is 18. The van der Waals surface area contributed by atoms with Crippen LogP contribution in [0, 0.1) is 0 Å². The Labute approximate surface area is 208 Å². The standard InChI is InChI=1S/C20H27Br2N5O6/c21-13-19(29)25-16-10-15(11-17(12-16)26-20(30)14-22)18(28)2-1-4-31-6-8-33-9-7-32-5-3-24-27-23/h10-12H,1-9,13-14H2,(H,25,29)(H,26,30). The van der Waals surface area contributed by atoms with Crippen molar-refractivity contribution in [2.75, 3.05) is 67.5 Å². The molecule has 1 aromatic carbocycles. The molecule has 2 N–H and O–H groups in total. The van der Waals surface area contributed by atoms with Crippen molar-refractivity contribution >= 4 is 60.8 Å². The second-order valence-electron chi connectivity index (χ2n) is 6.48. The molecule has 182 valence electrons. The maximum Gasteiger partial charge on any atom is 0.235 e. The fourth-order valence-corrected chi connectivity index (χ4v) is 2.77. The van der Waals surface area contributed by atoms with E-state index >= 15 is 0 Å². The van der Waals surface area contributed by atoms with Crippen LogP contribution in [0.5, 0.6) is 0 Å². The van der Waals surface area contributed by atoms with Crippen LogP contribution in [0.25, 0.3) is 10.4 Å². The largest absolute Gasteiger partial charge is 0.379 e. The summed E-state index contributed by atoms with van der Waals surface area (Å²) < 4.78 is 16.0. The Bertz CT molecular complexity index is 784. The van der Waals surface area contributed by atoms with Crippen LogP contribution in [0.4, 0.5) is 11.4 Å². The Morgan fingerprint density at radius 2 is 1.36 bits per heavy atom. The van der Waals surface area contributed by atoms with Crippen molar-refractivity contribution in [1.82, 2.24) is 0 Å². The summed E-state index contributed by atoms with van der Waals surface area (Å²) in [6, 6.07) is 4.75. The molecule has 0 atom stereocenters. The van der Waals surface area contributed by atoms with Crippen LogP contribution in [-0.2, 0) is 23.8 Å². The first-order valence-electron chi connectivity index (χ1n) is 10.1. The minimum atomic E-state index is -0.271. The van der Waals surface area contributed by atoms with Crippen LogP contribution in [-0.4, -0.2) is 74.4 Å². The molecule has 0 aliphatic carbocycles. The van der Waals surface area contributed by atoms with Crippen molar-refractivity contribution in [3.05, 3.63) is 34.2 Å². The van der Waals surface area contributed by atoms with Crippen LogP contribution in [0.15, 0.2) is 23.3 Å². The molecule has 33 heavy (non-hydrogen) atoms. The predicted octanol–water partition coefficient (Wildman–Crippen LogP) is 3.68. The topological polar surface area (TPSA) is 152 Å². The number of hydrogen-bond acceptors (Lipinski definition) is 7. The van der Waals surface area contributed by atoms with Gasteiger partial charge < -0.3 is 24.8 Å². The van der Waals surface area contributed by atoms with Crippen LogP contribution in [0.3, 0.4) is 0 Å². The SMILES string of the molecule is [N-]=[N+]=NCCOCCOCCOCCCC(=O)c1cc(NC(=O)CBr)cc(NC(=O)CBr)c1. The smallest absolute Gasteiger partial charge is 0.235 e. The molecular weight excluding hydrogens is 566 g/mol. The molecule has 13 heteroatoms. The molecule has 1 aromatic rings. The number of alkyl halides is 2. The fourth-order valence-electron chi connectivity index (χ4n) is 2.49. The van der Waals surface area contributed by atoms with Crippen molar-refractivity contribution in [1.29, 1.82) is 0 Å². The van der Waals surface area contributed by atoms with E-state index in [0.29, 0.717) is 69.5 Å². The minimum absolute atomic E-state index is 0.111. The molecule has 0 aliphatic heterocycles. The van der Waals surface area contributed by atoms with E-state index < -0.39 is 0 Å². The van der Waals surface area contributed by atoms with Gasteiger partial charge in [0.15, 0.2) is 5.78 Å². The molecule has 0 saturated carbocycles. The second-order valence-corrected chi connectivity index (χ2v) is 7.60. The van der Waals surface area contributed by atoms with Crippen molar-refractivity contribution in [3.8, 4) is 0 Å². The number of halogens is 2. The summed E-state index contributed by atoms with van der Waals surface area (Å²) in [6.45, 7) is 2.65. The summed E-state index contributed by atoms with van der Waals surface area (Å²) in [4.78, 5) is 38.6. The number of nitrogens with zero attached hydrogens (tertiary/aromatic N) is 3. The number of ether oxygens (including phenoxy) is 3. The predicted molar refractivity (Wildman–Crippen MR) is 131 cm³/mol. The van der Waals surface area contributed by atoms with Gasteiger partial charge >= 0.3 is 0 Å². The van der Waals surface area contributed by atoms with Crippen LogP contribution in [0.2, 0.25) is 0 Å². The first-order chi connectivity index (χ1) is 16.0. The highest BCUT2D eigenvalue weighted by atomic mass is 79.9. The third-order valence-corrected chi connectivity index (χ3v) is 4.92. The quantitative estimate of drug-likeness (QED) is 0.0662. The molecule has 0 spiro atoms. The van der Waals surface area contributed by atoms with Gasteiger partial charge in [-0.05, 0) is 30.2 Å². The van der Waals surface area contributed by atoms with Crippen molar-refractivity contribution < 1.29 is 28.6 Å². The van der Waals surface area contributed by atoms with Gasteiger partial charge in [-0.25, -0.2) is 0 Å². The van der Waals surface area contributed by atoms with E-state index in [1.807, 2.05) is 0 Å². The lowest BCUT2D eigenvalue weighted by Gasteiger charge is -2.11. The first-order valence-corrected chi connectivity index (χ1v) is 12.4. The molecule has 2 amide bonds. The number of hydrogen-bond donors (Lipinski definition) is 2. The Balaban J connectivity index is 2.36. The number of anilines is 2. The number of benzene rings is 1. The Hall–Kier alpha value is -2.02. The lowest BCUT2D eigenvalue weighted by molar-refractivity contribution is -0.114. The monoisotopic (exact) mass is 591 g/mol. The van der Waals surface area contributed by atoms with Gasteiger partial charge in [-0.2, -0.15) is 0 Å². The number of Topliss-reactive ketones (excluding diaryl/α,β-unsaturated/α-hetero) is 1. The molecule has 0 saturated heterocycles. The highest BCUT2D eigenvalue weighted by molar-refractivity contribution is 9.09. The van der Waals surface area contributed by atoms with Gasteiger partial charge in [0.05, 0.1) is 43.7 Å². The van der Waals surface area contributed by atoms with E-state index in [9.17, 15) is 14.4 Å². The van der Waals surface area contributed by atoms with Gasteiger partial charge in [0.2, 0.25) is 11.8 Å². The zero-order chi connectivity index (χ0) is 24.3. The van der Waals surface area contributed by atoms with E-state index in [4.69, 9.17) is 19.7 Å². The molecule has 0 bridgehead atoms. The Morgan fingerprint density at radius 3 is 1.88 bits per heavy atom. The maximum atomic E-state index is 12.6. The van der Waals surface area contributed by atoms with Gasteiger partial charge in [0.1, 0.15) is 0 Å². The lowest BCUT2D eigenvalue weighted by Crippen LogP contribution is -2.16. The average molecular weight is 593 g/mol. The molecule has 0 heterocycles. The van der Waals surface area contributed by atoms with Crippen molar-refractivity contribution in [3.63, 3.8) is 0 Å². The molecule has 0 radical (unpaired) electrons. The Kier molecular flexibility index (Phi) is 16.2. The van der Waals surface area contributed by atoms with Crippen LogP contribution >= 0.6 is 31.9 Å². The maximum absolute atomic E-state index is 12.6. The Morgan fingerprint density at radius 1 is 0.848 bits per heavy atom. The summed E-state index contributed by atoms with van der Waals surface area (Å²) >= 11 is 6.15. The summed E-state index contributed by atoms with van der Waals surface area (Å²) in [5, 5.41) is 8.91. The summed E-state index contributed by atoms with van der Waals surface area (Å²) in [5.41, 5.74) is 9.36. The normalized spacial score (nSPS) is 10.4. The first kappa shape index (κ1) is 29.0. The zero-order valence-corrected chi connectivity index (χ0v) is 21.2. The number of amides is 2. The molecule has 0 aliphatic rings. The van der Waals surface area contributed by atoms with Crippen molar-refractivity contribution in [2.45, 2.75) is 12.8 Å². The lowest BCUT2D eigenvalue weighted by atomic mass is 10.0. The van der Waals surface area contributed by atoms with Gasteiger partial charge in [0, 0.05) is 41.4 Å². The third-order valence-electron chi connectivity index (χ3n) is 3.90. The van der Waals surface area contributed by atoms with E-state index in [2.05, 4.69) is 52.5 Å². The number of carbonyl (C=O) groups excluding carboxylic acids is 3. The van der Waals surface area contributed by atoms with E-state index in [0.717, 1.165) is 0 Å². The number of carbonyl (C=O) groups is 3. The molecular formula is C20H27Br2N5O6. The molecule has 1 rings (SSSR count). The number of ketones is 1. The minimum Gasteiger partial charge on any atom is -0.379 e. The molecule has 0 unspecified atom stereocenters. The average Bonchev–Trinajstić information content (AvgIpc) is 2.81. The number of nitrogens with one attached hydrogen (secondary N) is 2. The van der Waals surface area contributed by atoms with E-state index in [1.54, 1.807) is 18.2 Å². The third kappa shape index (κ3) is 14.0.